The van der Waals surface area contributed by atoms with E-state index in [-0.39, 0.29) is 5.78 Å². The predicted octanol–water partition coefficient (Wildman–Crippen LogP) is 6.65. The Balaban J connectivity index is 1.84. The van der Waals surface area contributed by atoms with E-state index in [1.807, 2.05) is 54.6 Å². The number of benzene rings is 4. The van der Waals surface area contributed by atoms with Crippen LogP contribution in [0, 0.1) is 0 Å². The maximum absolute atomic E-state index is 12.5. The second-order valence-corrected chi connectivity index (χ2v) is 6.85. The zero-order valence-corrected chi connectivity index (χ0v) is 15.0. The summed E-state index contributed by atoms with van der Waals surface area (Å²) in [7, 11) is 0. The van der Waals surface area contributed by atoms with Gasteiger partial charge in [0.2, 0.25) is 0 Å². The molecule has 0 unspecified atom stereocenters. The lowest BCUT2D eigenvalue weighted by Gasteiger charge is -2.08. The minimum Gasteiger partial charge on any atom is -0.289 e. The van der Waals surface area contributed by atoms with Crippen molar-refractivity contribution in [1.29, 1.82) is 0 Å². The third-order valence-corrected chi connectivity index (χ3v) is 4.87. The smallest absolute Gasteiger partial charge is 0.185 e. The quantitative estimate of drug-likeness (QED) is 0.218. The van der Waals surface area contributed by atoms with E-state index in [1.54, 1.807) is 6.08 Å². The van der Waals surface area contributed by atoms with E-state index in [1.165, 1.54) is 10.8 Å². The van der Waals surface area contributed by atoms with Crippen LogP contribution in [0.1, 0.15) is 15.9 Å². The van der Waals surface area contributed by atoms with Crippen molar-refractivity contribution in [3.05, 3.63) is 101 Å². The number of rotatable bonds is 3. The molecule has 0 atom stereocenters. The fourth-order valence-electron chi connectivity index (χ4n) is 3.10. The van der Waals surface area contributed by atoms with Crippen LogP contribution in [0.3, 0.4) is 0 Å². The Labute approximate surface area is 154 Å². The van der Waals surface area contributed by atoms with Crippen LogP contribution in [0.2, 0.25) is 0 Å². The van der Waals surface area contributed by atoms with Gasteiger partial charge in [0.1, 0.15) is 0 Å². The zero-order chi connectivity index (χ0) is 17.2. The van der Waals surface area contributed by atoms with Crippen LogP contribution in [-0.4, -0.2) is 5.78 Å². The molecular formula is C23H15BrO. The van der Waals surface area contributed by atoms with Crippen LogP contribution in [0.15, 0.2) is 89.4 Å². The first-order valence-electron chi connectivity index (χ1n) is 8.11. The molecule has 0 saturated carbocycles. The molecule has 25 heavy (non-hydrogen) atoms. The van der Waals surface area contributed by atoms with E-state index >= 15 is 0 Å². The molecule has 4 aromatic rings. The Morgan fingerprint density at radius 2 is 1.32 bits per heavy atom. The van der Waals surface area contributed by atoms with Gasteiger partial charge in [-0.25, -0.2) is 0 Å². The SMILES string of the molecule is O=C(/C=C/c1c2ccccc2cc2ccccc12)c1ccc(Br)cc1. The molecule has 0 aromatic heterocycles. The molecule has 0 amide bonds. The summed E-state index contributed by atoms with van der Waals surface area (Å²) < 4.78 is 0.966. The number of fused-ring (bicyclic) bond motifs is 2. The molecule has 120 valence electrons. The van der Waals surface area contributed by atoms with Gasteiger partial charge in [0.25, 0.3) is 0 Å². The monoisotopic (exact) mass is 386 g/mol. The normalized spacial score (nSPS) is 11.4. The van der Waals surface area contributed by atoms with E-state index in [2.05, 4.69) is 46.3 Å². The molecular weight excluding hydrogens is 372 g/mol. The van der Waals surface area contributed by atoms with Crippen molar-refractivity contribution in [2.24, 2.45) is 0 Å². The summed E-state index contributed by atoms with van der Waals surface area (Å²) in [5.41, 5.74) is 1.77. The van der Waals surface area contributed by atoms with Crippen molar-refractivity contribution < 1.29 is 4.79 Å². The fraction of sp³-hybridized carbons (Fsp3) is 0. The van der Waals surface area contributed by atoms with E-state index in [4.69, 9.17) is 0 Å². The summed E-state index contributed by atoms with van der Waals surface area (Å²) in [5.74, 6) is 0.00418. The lowest BCUT2D eigenvalue weighted by Crippen LogP contribution is -1.93. The lowest BCUT2D eigenvalue weighted by atomic mass is 9.96. The molecule has 4 aromatic carbocycles. The molecule has 0 aliphatic carbocycles. The summed E-state index contributed by atoms with van der Waals surface area (Å²) in [5, 5.41) is 4.66. The highest BCUT2D eigenvalue weighted by molar-refractivity contribution is 9.10. The van der Waals surface area contributed by atoms with Crippen LogP contribution in [0.4, 0.5) is 0 Å². The maximum Gasteiger partial charge on any atom is 0.185 e. The number of allylic oxidation sites excluding steroid dienone is 1. The summed E-state index contributed by atoms with van der Waals surface area (Å²) in [6.07, 6.45) is 3.60. The van der Waals surface area contributed by atoms with Crippen LogP contribution in [-0.2, 0) is 0 Å². The summed E-state index contributed by atoms with van der Waals surface area (Å²) in [6, 6.07) is 26.2. The van der Waals surface area contributed by atoms with E-state index in [0.29, 0.717) is 5.56 Å². The highest BCUT2D eigenvalue weighted by Gasteiger charge is 2.06. The van der Waals surface area contributed by atoms with E-state index < -0.39 is 0 Å². The summed E-state index contributed by atoms with van der Waals surface area (Å²) in [4.78, 5) is 12.5. The number of hydrogen-bond acceptors (Lipinski definition) is 1. The Kier molecular flexibility index (Phi) is 4.21. The minimum absolute atomic E-state index is 0.00418. The number of hydrogen-bond donors (Lipinski definition) is 0. The van der Waals surface area contributed by atoms with Gasteiger partial charge in [-0.05, 0) is 69.6 Å². The Morgan fingerprint density at radius 1 is 0.760 bits per heavy atom. The number of carbonyl (C=O) groups excluding carboxylic acids is 1. The average Bonchev–Trinajstić information content (AvgIpc) is 2.65. The fourth-order valence-corrected chi connectivity index (χ4v) is 3.36. The standard InChI is InChI=1S/C23H15BrO/c24-19-11-9-16(10-12-19)23(25)14-13-22-20-7-3-1-5-17(20)15-18-6-2-4-8-21(18)22/h1-15H/b14-13+. The van der Waals surface area contributed by atoms with Gasteiger partial charge in [0.15, 0.2) is 5.78 Å². The van der Waals surface area contributed by atoms with Gasteiger partial charge in [-0.2, -0.15) is 0 Å². The molecule has 0 bridgehead atoms. The van der Waals surface area contributed by atoms with Gasteiger partial charge in [-0.1, -0.05) is 64.5 Å². The van der Waals surface area contributed by atoms with Crippen molar-refractivity contribution in [2.45, 2.75) is 0 Å². The number of halogens is 1. The van der Waals surface area contributed by atoms with Crippen molar-refractivity contribution in [3.63, 3.8) is 0 Å². The molecule has 0 N–H and O–H groups in total. The number of carbonyl (C=O) groups is 1. The first kappa shape index (κ1) is 15.8. The van der Waals surface area contributed by atoms with Gasteiger partial charge < -0.3 is 0 Å². The van der Waals surface area contributed by atoms with E-state index in [0.717, 1.165) is 20.8 Å². The molecule has 0 aliphatic heterocycles. The molecule has 0 spiro atoms. The van der Waals surface area contributed by atoms with Crippen LogP contribution >= 0.6 is 15.9 Å². The Morgan fingerprint density at radius 3 is 1.92 bits per heavy atom. The molecule has 0 heterocycles. The third-order valence-electron chi connectivity index (χ3n) is 4.34. The molecule has 1 nitrogen and oxygen atoms in total. The molecule has 2 heteroatoms. The van der Waals surface area contributed by atoms with Crippen molar-refractivity contribution >= 4 is 49.3 Å². The molecule has 0 radical (unpaired) electrons. The summed E-state index contributed by atoms with van der Waals surface area (Å²) >= 11 is 3.40. The van der Waals surface area contributed by atoms with Crippen LogP contribution in [0.5, 0.6) is 0 Å². The van der Waals surface area contributed by atoms with Gasteiger partial charge in [0.05, 0.1) is 0 Å². The molecule has 0 aliphatic rings. The second-order valence-electron chi connectivity index (χ2n) is 5.94. The zero-order valence-electron chi connectivity index (χ0n) is 13.4. The number of ketones is 1. The van der Waals surface area contributed by atoms with Gasteiger partial charge in [0, 0.05) is 10.0 Å². The minimum atomic E-state index is 0.00418. The first-order chi connectivity index (χ1) is 12.2. The highest BCUT2D eigenvalue weighted by Crippen LogP contribution is 2.29. The van der Waals surface area contributed by atoms with Crippen LogP contribution < -0.4 is 0 Å². The van der Waals surface area contributed by atoms with Crippen molar-refractivity contribution in [2.75, 3.05) is 0 Å². The van der Waals surface area contributed by atoms with Crippen molar-refractivity contribution in [1.82, 2.24) is 0 Å². The Bertz CT molecular complexity index is 1050. The van der Waals surface area contributed by atoms with Gasteiger partial charge in [-0.15, -0.1) is 0 Å². The molecule has 0 fully saturated rings. The van der Waals surface area contributed by atoms with E-state index in [9.17, 15) is 4.79 Å². The Hall–Kier alpha value is -2.71. The molecule has 0 saturated heterocycles. The largest absolute Gasteiger partial charge is 0.289 e. The van der Waals surface area contributed by atoms with Crippen LogP contribution in [0.25, 0.3) is 27.6 Å². The summed E-state index contributed by atoms with van der Waals surface area (Å²) in [6.45, 7) is 0. The maximum atomic E-state index is 12.5. The molecule has 4 rings (SSSR count). The topological polar surface area (TPSA) is 17.1 Å². The van der Waals surface area contributed by atoms with Crippen molar-refractivity contribution in [3.8, 4) is 0 Å². The highest BCUT2D eigenvalue weighted by atomic mass is 79.9. The van der Waals surface area contributed by atoms with Gasteiger partial charge >= 0.3 is 0 Å². The first-order valence-corrected chi connectivity index (χ1v) is 8.90. The lowest BCUT2D eigenvalue weighted by molar-refractivity contribution is 0.104. The average molecular weight is 387 g/mol. The predicted molar refractivity (Wildman–Crippen MR) is 109 cm³/mol. The van der Waals surface area contributed by atoms with Gasteiger partial charge in [-0.3, -0.25) is 4.79 Å². The second kappa shape index (κ2) is 6.66. The third kappa shape index (κ3) is 3.13.